The maximum atomic E-state index is 13.1. The summed E-state index contributed by atoms with van der Waals surface area (Å²) in [6, 6.07) is 12.2. The van der Waals surface area contributed by atoms with E-state index in [0.29, 0.717) is 67.2 Å². The zero-order chi connectivity index (χ0) is 26.2. The number of halogens is 1. The van der Waals surface area contributed by atoms with Crippen LogP contribution in [0.5, 0.6) is 17.2 Å². The molecule has 2 aliphatic rings. The summed E-state index contributed by atoms with van der Waals surface area (Å²) >= 11 is 5.90. The second-order valence-electron chi connectivity index (χ2n) is 9.09. The van der Waals surface area contributed by atoms with Crippen molar-refractivity contribution in [1.29, 1.82) is 0 Å². The fraction of sp³-hybridized carbons (Fsp3) is 0.481. The maximum absolute atomic E-state index is 13.1. The van der Waals surface area contributed by atoms with Crippen molar-refractivity contribution < 1.29 is 28.5 Å². The van der Waals surface area contributed by atoms with Gasteiger partial charge in [0.2, 0.25) is 0 Å². The zero-order valence-electron chi connectivity index (χ0n) is 21.4. The van der Waals surface area contributed by atoms with Gasteiger partial charge in [-0.3, -0.25) is 14.5 Å². The van der Waals surface area contributed by atoms with Crippen LogP contribution in [0.15, 0.2) is 42.5 Å². The number of ether oxygens (including phenoxy) is 4. The Hall–Kier alpha value is -3.01. The lowest BCUT2D eigenvalue weighted by Crippen LogP contribution is -2.51. The molecule has 0 unspecified atom stereocenters. The van der Waals surface area contributed by atoms with Crippen LogP contribution in [-0.4, -0.2) is 106 Å². The number of benzene rings is 2. The van der Waals surface area contributed by atoms with Gasteiger partial charge in [-0.25, -0.2) is 0 Å². The standard InChI is InChI=1S/C27H34ClN3O6/c1-34-24-9-4-20(16-25(24)35-2)27(33)30-11-3-10-29(12-13-30)17-23-18-31(14-15-36-23)26(32)19-37-22-7-5-21(28)6-8-22/h4-9,16,23H,3,10-15,17-19H2,1-2H3/t23-/m1/s1. The Morgan fingerprint density at radius 3 is 2.49 bits per heavy atom. The molecule has 4 rings (SSSR count). The van der Waals surface area contributed by atoms with Gasteiger partial charge in [0.1, 0.15) is 5.75 Å². The number of morpholine rings is 1. The van der Waals surface area contributed by atoms with E-state index in [0.717, 1.165) is 19.5 Å². The predicted octanol–water partition coefficient (Wildman–Crippen LogP) is 2.81. The zero-order valence-corrected chi connectivity index (χ0v) is 22.1. The molecular formula is C27H34ClN3O6. The molecule has 0 spiro atoms. The largest absolute Gasteiger partial charge is 0.493 e. The van der Waals surface area contributed by atoms with Crippen LogP contribution in [0.4, 0.5) is 0 Å². The SMILES string of the molecule is COc1ccc(C(=O)N2CCCN(C[C@@H]3CN(C(=O)COc4ccc(Cl)cc4)CCO3)CC2)cc1OC. The Morgan fingerprint density at radius 2 is 1.73 bits per heavy atom. The Labute approximate surface area is 222 Å². The van der Waals surface area contributed by atoms with Gasteiger partial charge >= 0.3 is 0 Å². The van der Waals surface area contributed by atoms with Crippen molar-refractivity contribution in [3.05, 3.63) is 53.1 Å². The summed E-state index contributed by atoms with van der Waals surface area (Å²) in [5.41, 5.74) is 0.580. The van der Waals surface area contributed by atoms with Crippen LogP contribution >= 0.6 is 11.6 Å². The second kappa shape index (κ2) is 13.0. The quantitative estimate of drug-likeness (QED) is 0.518. The summed E-state index contributed by atoms with van der Waals surface area (Å²) in [5.74, 6) is 1.66. The summed E-state index contributed by atoms with van der Waals surface area (Å²) < 4.78 is 22.2. The summed E-state index contributed by atoms with van der Waals surface area (Å²) in [6.07, 6.45) is 0.782. The van der Waals surface area contributed by atoms with Crippen molar-refractivity contribution in [3.63, 3.8) is 0 Å². The molecule has 0 aliphatic carbocycles. The van der Waals surface area contributed by atoms with Gasteiger partial charge in [0.05, 0.1) is 26.9 Å². The van der Waals surface area contributed by atoms with Crippen LogP contribution in [0, 0.1) is 0 Å². The number of hydrogen-bond donors (Lipinski definition) is 0. The minimum Gasteiger partial charge on any atom is -0.493 e. The van der Waals surface area contributed by atoms with E-state index in [1.165, 1.54) is 0 Å². The smallest absolute Gasteiger partial charge is 0.260 e. The molecule has 0 aromatic heterocycles. The van der Waals surface area contributed by atoms with Crippen molar-refractivity contribution >= 4 is 23.4 Å². The first-order valence-corrected chi connectivity index (χ1v) is 12.9. The Bertz CT molecular complexity index is 1070. The first-order valence-electron chi connectivity index (χ1n) is 12.5. The molecule has 0 N–H and O–H groups in total. The van der Waals surface area contributed by atoms with E-state index in [-0.39, 0.29) is 24.5 Å². The summed E-state index contributed by atoms with van der Waals surface area (Å²) in [5, 5.41) is 0.622. The van der Waals surface area contributed by atoms with Crippen molar-refractivity contribution in [2.24, 2.45) is 0 Å². The number of carbonyl (C=O) groups is 2. The lowest BCUT2D eigenvalue weighted by molar-refractivity contribution is -0.141. The fourth-order valence-corrected chi connectivity index (χ4v) is 4.75. The second-order valence-corrected chi connectivity index (χ2v) is 9.53. The minimum absolute atomic E-state index is 0.0193. The van der Waals surface area contributed by atoms with Crippen molar-refractivity contribution in [3.8, 4) is 17.2 Å². The molecule has 0 radical (unpaired) electrons. The third-order valence-electron chi connectivity index (χ3n) is 6.64. The molecule has 2 saturated heterocycles. The van der Waals surface area contributed by atoms with Crippen molar-refractivity contribution in [2.45, 2.75) is 12.5 Å². The van der Waals surface area contributed by atoms with E-state index in [2.05, 4.69) is 4.90 Å². The summed E-state index contributed by atoms with van der Waals surface area (Å²) in [7, 11) is 3.13. The first kappa shape index (κ1) is 27.0. The molecule has 0 bridgehead atoms. The van der Waals surface area contributed by atoms with Crippen LogP contribution in [0.2, 0.25) is 5.02 Å². The number of methoxy groups -OCH3 is 2. The highest BCUT2D eigenvalue weighted by Gasteiger charge is 2.28. The van der Waals surface area contributed by atoms with E-state index >= 15 is 0 Å². The van der Waals surface area contributed by atoms with E-state index < -0.39 is 0 Å². The molecule has 2 aliphatic heterocycles. The highest BCUT2D eigenvalue weighted by Crippen LogP contribution is 2.28. The maximum Gasteiger partial charge on any atom is 0.260 e. The van der Waals surface area contributed by atoms with Crippen molar-refractivity contribution in [1.82, 2.24) is 14.7 Å². The lowest BCUT2D eigenvalue weighted by atomic mass is 10.1. The normalized spacial score (nSPS) is 18.7. The average molecular weight is 532 g/mol. The number of amides is 2. The van der Waals surface area contributed by atoms with Gasteiger partial charge in [-0.1, -0.05) is 11.6 Å². The third-order valence-corrected chi connectivity index (χ3v) is 6.89. The van der Waals surface area contributed by atoms with Gasteiger partial charge < -0.3 is 28.7 Å². The van der Waals surface area contributed by atoms with E-state index in [9.17, 15) is 9.59 Å². The van der Waals surface area contributed by atoms with Crippen LogP contribution in [0.25, 0.3) is 0 Å². The average Bonchev–Trinajstić information content (AvgIpc) is 3.17. The highest BCUT2D eigenvalue weighted by molar-refractivity contribution is 6.30. The van der Waals surface area contributed by atoms with Gasteiger partial charge in [-0.2, -0.15) is 0 Å². The number of nitrogens with zero attached hydrogens (tertiary/aromatic N) is 3. The van der Waals surface area contributed by atoms with E-state index in [4.69, 9.17) is 30.5 Å². The molecule has 200 valence electrons. The molecule has 2 amide bonds. The van der Waals surface area contributed by atoms with Gasteiger partial charge in [-0.15, -0.1) is 0 Å². The van der Waals surface area contributed by atoms with Crippen LogP contribution in [0.1, 0.15) is 16.8 Å². The molecular weight excluding hydrogens is 498 g/mol. The molecule has 10 heteroatoms. The number of carbonyl (C=O) groups excluding carboxylic acids is 2. The Kier molecular flexibility index (Phi) is 9.49. The first-order chi connectivity index (χ1) is 18.0. The topological polar surface area (TPSA) is 80.8 Å². The predicted molar refractivity (Wildman–Crippen MR) is 140 cm³/mol. The van der Waals surface area contributed by atoms with Crippen LogP contribution in [-0.2, 0) is 9.53 Å². The number of rotatable bonds is 8. The van der Waals surface area contributed by atoms with E-state index in [1.54, 1.807) is 61.6 Å². The van der Waals surface area contributed by atoms with Crippen molar-refractivity contribution in [2.75, 3.05) is 73.2 Å². The van der Waals surface area contributed by atoms with E-state index in [1.807, 2.05) is 4.90 Å². The monoisotopic (exact) mass is 531 g/mol. The Morgan fingerprint density at radius 1 is 0.946 bits per heavy atom. The molecule has 1 atom stereocenters. The molecule has 2 fully saturated rings. The highest BCUT2D eigenvalue weighted by atomic mass is 35.5. The molecule has 37 heavy (non-hydrogen) atoms. The molecule has 0 saturated carbocycles. The van der Waals surface area contributed by atoms with Crippen LogP contribution < -0.4 is 14.2 Å². The molecule has 9 nitrogen and oxygen atoms in total. The summed E-state index contributed by atoms with van der Waals surface area (Å²) in [4.78, 5) is 31.8. The molecule has 2 aromatic rings. The Balaban J connectivity index is 1.26. The number of hydrogen-bond acceptors (Lipinski definition) is 7. The fourth-order valence-electron chi connectivity index (χ4n) is 4.62. The van der Waals surface area contributed by atoms with Crippen LogP contribution in [0.3, 0.4) is 0 Å². The summed E-state index contributed by atoms with van der Waals surface area (Å²) in [6.45, 7) is 5.16. The van der Waals surface area contributed by atoms with Gasteiger partial charge in [0, 0.05) is 49.9 Å². The van der Waals surface area contributed by atoms with Gasteiger partial charge in [-0.05, 0) is 55.4 Å². The lowest BCUT2D eigenvalue weighted by Gasteiger charge is -2.35. The molecule has 2 aromatic carbocycles. The van der Waals surface area contributed by atoms with Gasteiger partial charge in [0.15, 0.2) is 18.1 Å². The molecule has 2 heterocycles. The third kappa shape index (κ3) is 7.28. The van der Waals surface area contributed by atoms with Gasteiger partial charge in [0.25, 0.3) is 11.8 Å². The minimum atomic E-state index is -0.0821.